The largest absolute Gasteiger partial charge is 1.00 e. The van der Waals surface area contributed by atoms with Crippen molar-refractivity contribution in [3.63, 3.8) is 0 Å². The van der Waals surface area contributed by atoms with Crippen molar-refractivity contribution in [3.05, 3.63) is 52.4 Å². The van der Waals surface area contributed by atoms with E-state index in [4.69, 9.17) is 56.6 Å². The molecule has 4 rings (SSSR count). The fraction of sp³-hybridized carbons (Fsp3) is 0.100. The molecule has 0 aromatic carbocycles. The van der Waals surface area contributed by atoms with E-state index >= 15 is 0 Å². The van der Waals surface area contributed by atoms with Gasteiger partial charge in [0.15, 0.2) is 16.9 Å². The Bertz CT molecular complexity index is 1430. The molecule has 158 valence electrons. The maximum atomic E-state index is 7.92. The van der Waals surface area contributed by atoms with Crippen LogP contribution >= 0.6 is 34.8 Å². The first-order valence-electron chi connectivity index (χ1n) is 9.92. The van der Waals surface area contributed by atoms with Gasteiger partial charge < -0.3 is 11.3 Å². The Hall–Kier alpha value is -2.27. The first-order valence-corrected chi connectivity index (χ1v) is 9.05. The summed E-state index contributed by atoms with van der Waals surface area (Å²) in [7, 11) is 0. The molecular formula is C20H14Cl3N6NaO2. The molecule has 1 N–H and O–H groups in total. The third-order valence-electron chi connectivity index (χ3n) is 3.06. The van der Waals surface area contributed by atoms with Crippen LogP contribution in [0.3, 0.4) is 0 Å². The van der Waals surface area contributed by atoms with E-state index in [2.05, 4.69) is 36.3 Å². The van der Waals surface area contributed by atoms with Gasteiger partial charge in [-0.05, 0) is 12.1 Å². The van der Waals surface area contributed by atoms with Gasteiger partial charge in [-0.3, -0.25) is 0 Å². The Morgan fingerprint density at radius 2 is 1.47 bits per heavy atom. The van der Waals surface area contributed by atoms with Crippen LogP contribution < -0.4 is 34.3 Å². The Labute approximate surface area is 228 Å². The van der Waals surface area contributed by atoms with Crippen molar-refractivity contribution in [2.45, 2.75) is 0 Å². The van der Waals surface area contributed by atoms with Gasteiger partial charge in [0, 0.05) is 12.4 Å². The number of halogens is 3. The van der Waals surface area contributed by atoms with Crippen molar-refractivity contribution in [1.29, 1.82) is 0 Å². The van der Waals surface area contributed by atoms with Gasteiger partial charge >= 0.3 is 29.6 Å². The number of nitrogens with zero attached hydrogens (tertiary/aromatic N) is 6. The first kappa shape index (κ1) is 21.6. The van der Waals surface area contributed by atoms with Crippen LogP contribution in [-0.2, 0) is 0 Å². The molecule has 4 aromatic rings. The molecule has 0 atom stereocenters. The van der Waals surface area contributed by atoms with Crippen LogP contribution in [0.25, 0.3) is 22.1 Å². The molecule has 0 saturated carbocycles. The summed E-state index contributed by atoms with van der Waals surface area (Å²) in [6.07, 6.45) is 15.1. The van der Waals surface area contributed by atoms with E-state index in [9.17, 15) is 0 Å². The number of aliphatic hydroxyl groups is 1. The molecular weight excluding hydrogens is 486 g/mol. The summed E-state index contributed by atoms with van der Waals surface area (Å²) in [4.78, 5) is 23.7. The third kappa shape index (κ3) is 8.34. The number of pyridine rings is 2. The molecule has 0 radical (unpaired) electrons. The summed E-state index contributed by atoms with van der Waals surface area (Å²) in [5.41, 5.74) is 2.10. The number of aromatic nitrogens is 6. The Morgan fingerprint density at radius 1 is 0.938 bits per heavy atom. The third-order valence-corrected chi connectivity index (χ3v) is 3.79. The maximum Gasteiger partial charge on any atom is 1.00 e. The van der Waals surface area contributed by atoms with E-state index in [0.29, 0.717) is 32.4 Å². The first-order chi connectivity index (χ1) is 16.3. The molecule has 4 aromatic heterocycles. The van der Waals surface area contributed by atoms with Gasteiger partial charge in [-0.1, -0.05) is 46.6 Å². The van der Waals surface area contributed by atoms with Crippen LogP contribution in [0, 0.1) is 24.7 Å². The van der Waals surface area contributed by atoms with Gasteiger partial charge in [-0.25, -0.2) is 29.9 Å². The second-order valence-corrected chi connectivity index (χ2v) is 6.05. The quantitative estimate of drug-likeness (QED) is 0.243. The molecule has 0 saturated heterocycles. The molecule has 0 aliphatic carbocycles. The number of hydrogen-bond donors (Lipinski definition) is 1. The van der Waals surface area contributed by atoms with E-state index in [1.54, 1.807) is 18.3 Å². The zero-order valence-electron chi connectivity index (χ0n) is 21.3. The molecule has 0 unspecified atom stereocenters. The molecule has 12 heteroatoms. The number of fused-ring (bicyclic) bond motifs is 2. The van der Waals surface area contributed by atoms with Crippen molar-refractivity contribution in [1.82, 2.24) is 29.9 Å². The fourth-order valence-electron chi connectivity index (χ4n) is 1.92. The molecule has 8 nitrogen and oxygen atoms in total. The fourth-order valence-corrected chi connectivity index (χ4v) is 2.46. The van der Waals surface area contributed by atoms with Crippen LogP contribution in [0.2, 0.25) is 15.5 Å². The van der Waals surface area contributed by atoms with Gasteiger partial charge in [0.25, 0.3) is 0 Å². The van der Waals surface area contributed by atoms with Gasteiger partial charge in [0.2, 0.25) is 5.88 Å². The Kier molecular flexibility index (Phi) is 9.93. The zero-order valence-corrected chi connectivity index (χ0v) is 20.6. The van der Waals surface area contributed by atoms with E-state index in [1.807, 2.05) is 5.92 Å². The van der Waals surface area contributed by atoms with Crippen LogP contribution in [0.15, 0.2) is 36.9 Å². The van der Waals surface area contributed by atoms with Gasteiger partial charge in [0.05, 0.1) is 28.9 Å². The summed E-state index contributed by atoms with van der Waals surface area (Å²) in [6, 6.07) is 3.30. The minimum Gasteiger partial charge on any atom is -1.00 e. The van der Waals surface area contributed by atoms with Crippen molar-refractivity contribution in [2.24, 2.45) is 0 Å². The van der Waals surface area contributed by atoms with E-state index in [1.165, 1.54) is 24.5 Å². The zero-order chi connectivity index (χ0) is 26.2. The van der Waals surface area contributed by atoms with Crippen molar-refractivity contribution < 1.29 is 46.3 Å². The molecule has 0 spiro atoms. The number of ether oxygens (including phenoxy) is 1. The second kappa shape index (κ2) is 14.7. The summed E-state index contributed by atoms with van der Waals surface area (Å²) in [6.45, 7) is -4.65. The summed E-state index contributed by atoms with van der Waals surface area (Å²) < 4.78 is 31.7. The maximum absolute atomic E-state index is 7.92. The Balaban J connectivity index is 0.000000569. The average molecular weight is 504 g/mol. The number of terminal acetylenes is 2. The molecule has 0 aliphatic rings. The van der Waals surface area contributed by atoms with Crippen LogP contribution in [0.1, 0.15) is 6.91 Å². The molecule has 32 heavy (non-hydrogen) atoms. The number of hydrogen-bond acceptors (Lipinski definition) is 8. The summed E-state index contributed by atoms with van der Waals surface area (Å²) in [5, 5.41) is 8.84. The predicted molar refractivity (Wildman–Crippen MR) is 121 cm³/mol. The standard InChI is InChI=1S/C10H6ClN3O.C7H3Cl2N3.C3H4O.Na.H/c1-2-5-15-8-6-13-9-7(14-8)3-4-12-10(9)11;8-5-3-11-6-4(12-5)1-2-10-7(6)9;1-2-3-4;;/h1,3-4,6H,5H2;1-3H;1,4H,3H2;;/q;;;+1;-1/i5D2;;3D2;;. The van der Waals surface area contributed by atoms with Gasteiger partial charge in [0.1, 0.15) is 22.7 Å². The Morgan fingerprint density at radius 3 is 2.00 bits per heavy atom. The molecule has 0 bridgehead atoms. The van der Waals surface area contributed by atoms with Gasteiger partial charge in [-0.2, -0.15) is 0 Å². The smallest absolute Gasteiger partial charge is 1.00 e. The monoisotopic (exact) mass is 502 g/mol. The normalized spacial score (nSPS) is 11.9. The minimum absolute atomic E-state index is 0. The summed E-state index contributed by atoms with van der Waals surface area (Å²) >= 11 is 17.2. The number of rotatable bonds is 2. The molecule has 0 fully saturated rings. The van der Waals surface area contributed by atoms with E-state index in [0.717, 1.165) is 0 Å². The van der Waals surface area contributed by atoms with E-state index in [-0.39, 0.29) is 42.0 Å². The minimum atomic E-state index is -2.43. The van der Waals surface area contributed by atoms with Crippen molar-refractivity contribution >= 4 is 56.9 Å². The van der Waals surface area contributed by atoms with Crippen molar-refractivity contribution in [2.75, 3.05) is 13.1 Å². The average Bonchev–Trinajstić information content (AvgIpc) is 2.79. The molecule has 4 heterocycles. The predicted octanol–water partition coefficient (Wildman–Crippen LogP) is 0.750. The molecule has 0 aliphatic heterocycles. The van der Waals surface area contributed by atoms with Crippen LogP contribution in [0.5, 0.6) is 5.88 Å². The van der Waals surface area contributed by atoms with Crippen LogP contribution in [0.4, 0.5) is 0 Å². The summed E-state index contributed by atoms with van der Waals surface area (Å²) in [5.74, 6) is 3.34. The topological polar surface area (TPSA) is 107 Å². The van der Waals surface area contributed by atoms with Crippen LogP contribution in [-0.4, -0.2) is 48.1 Å². The van der Waals surface area contributed by atoms with E-state index < -0.39 is 13.1 Å². The molecule has 0 amide bonds. The van der Waals surface area contributed by atoms with Crippen molar-refractivity contribution in [3.8, 4) is 30.6 Å². The second-order valence-electron chi connectivity index (χ2n) is 4.94. The SMILES string of the molecule is Clc1cnc2c(Cl)nccc2n1.[2H]C([2H])(C#C)Oc1cnc2c(Cl)nccc2n1.[2H]C([2H])(O)C#C.[H-].[Na+]. The van der Waals surface area contributed by atoms with Gasteiger partial charge in [-0.15, -0.1) is 12.8 Å².